The van der Waals surface area contributed by atoms with Gasteiger partial charge in [-0.3, -0.25) is 9.59 Å². The summed E-state index contributed by atoms with van der Waals surface area (Å²) >= 11 is 5.73. The molecule has 1 aliphatic heterocycles. The van der Waals surface area contributed by atoms with Crippen LogP contribution in [-0.2, 0) is 9.59 Å². The van der Waals surface area contributed by atoms with Crippen molar-refractivity contribution in [2.24, 2.45) is 5.10 Å². The first-order valence-electron chi connectivity index (χ1n) is 8.60. The first-order chi connectivity index (χ1) is 13.8. The lowest BCUT2D eigenvalue weighted by Crippen LogP contribution is -2.27. The van der Waals surface area contributed by atoms with Crippen molar-refractivity contribution in [1.29, 1.82) is 0 Å². The second-order valence-corrected chi connectivity index (χ2v) is 6.66. The molecule has 2 aromatic rings. The van der Waals surface area contributed by atoms with Gasteiger partial charge in [-0.1, -0.05) is 18.2 Å². The fourth-order valence-corrected chi connectivity index (χ4v) is 2.94. The minimum absolute atomic E-state index is 0.0532. The first kappa shape index (κ1) is 20.5. The molecular formula is C19H16ClF2N5O2. The smallest absolute Gasteiger partial charge is 0.252 e. The molecule has 1 aromatic heterocycles. The highest BCUT2D eigenvalue weighted by molar-refractivity contribution is 6.29. The van der Waals surface area contributed by atoms with Crippen molar-refractivity contribution < 1.29 is 18.4 Å². The molecule has 2 amide bonds. The van der Waals surface area contributed by atoms with Crippen molar-refractivity contribution in [3.05, 3.63) is 65.1 Å². The molecule has 0 saturated carbocycles. The Morgan fingerprint density at radius 3 is 2.59 bits per heavy atom. The molecule has 1 atom stereocenters. The summed E-state index contributed by atoms with van der Waals surface area (Å²) in [5.74, 6) is -2.16. The number of anilines is 1. The summed E-state index contributed by atoms with van der Waals surface area (Å²) in [6, 6.07) is 3.88. The molecular weight excluding hydrogens is 404 g/mol. The summed E-state index contributed by atoms with van der Waals surface area (Å²) in [5, 5.41) is 7.86. The van der Waals surface area contributed by atoms with Gasteiger partial charge in [0.05, 0.1) is 6.04 Å². The van der Waals surface area contributed by atoms with Crippen LogP contribution in [0.2, 0.25) is 5.15 Å². The van der Waals surface area contributed by atoms with Crippen molar-refractivity contribution in [2.45, 2.75) is 25.3 Å². The van der Waals surface area contributed by atoms with Gasteiger partial charge in [0.1, 0.15) is 28.9 Å². The Morgan fingerprint density at radius 1 is 1.17 bits per heavy atom. The van der Waals surface area contributed by atoms with Gasteiger partial charge in [-0.25, -0.2) is 23.8 Å². The third-order valence-corrected chi connectivity index (χ3v) is 4.40. The second kappa shape index (κ2) is 8.87. The van der Waals surface area contributed by atoms with Crippen LogP contribution in [-0.4, -0.2) is 33.0 Å². The fourth-order valence-electron chi connectivity index (χ4n) is 2.79. The predicted octanol–water partition coefficient (Wildman–Crippen LogP) is 3.64. The molecule has 0 saturated heterocycles. The van der Waals surface area contributed by atoms with Crippen LogP contribution in [0.3, 0.4) is 0 Å². The topological polar surface area (TPSA) is 87.5 Å². The van der Waals surface area contributed by atoms with E-state index < -0.39 is 29.5 Å². The van der Waals surface area contributed by atoms with Crippen LogP contribution >= 0.6 is 11.6 Å². The highest BCUT2D eigenvalue weighted by atomic mass is 35.5. The van der Waals surface area contributed by atoms with E-state index in [2.05, 4.69) is 27.0 Å². The zero-order valence-electron chi connectivity index (χ0n) is 15.1. The predicted molar refractivity (Wildman–Crippen MR) is 103 cm³/mol. The minimum atomic E-state index is -0.728. The summed E-state index contributed by atoms with van der Waals surface area (Å²) in [5.41, 5.74) is 0.468. The average molecular weight is 420 g/mol. The summed E-state index contributed by atoms with van der Waals surface area (Å²) in [6.45, 7) is 3.68. The summed E-state index contributed by atoms with van der Waals surface area (Å²) in [6.07, 6.45) is 3.06. The Hall–Kier alpha value is -3.20. The number of benzene rings is 1. The molecule has 1 aliphatic rings. The Labute approximate surface area is 170 Å². The van der Waals surface area contributed by atoms with Crippen LogP contribution in [0, 0.1) is 11.6 Å². The van der Waals surface area contributed by atoms with Crippen molar-refractivity contribution in [3.8, 4) is 0 Å². The number of aromatic nitrogens is 2. The monoisotopic (exact) mass is 419 g/mol. The van der Waals surface area contributed by atoms with Gasteiger partial charge in [-0.2, -0.15) is 5.10 Å². The van der Waals surface area contributed by atoms with Gasteiger partial charge in [-0.15, -0.1) is 0 Å². The van der Waals surface area contributed by atoms with Crippen molar-refractivity contribution in [2.75, 3.05) is 5.32 Å². The van der Waals surface area contributed by atoms with Gasteiger partial charge in [0.25, 0.3) is 5.91 Å². The number of hydrogen-bond donors (Lipinski definition) is 1. The Kier molecular flexibility index (Phi) is 6.28. The molecule has 10 heteroatoms. The molecule has 150 valence electrons. The van der Waals surface area contributed by atoms with Crippen LogP contribution in [0.5, 0.6) is 0 Å². The third kappa shape index (κ3) is 5.20. The molecule has 2 heterocycles. The standard InChI is InChI=1S/C19H16ClF2N5O2/c1-11(19(29)26-17-9-16(20)23-10-24-17)2-3-18(28)27-15(4-5-25-27)12-6-13(21)8-14(22)7-12/h5-10,15H,1-4H2,(H,23,24,26,29). The fraction of sp³-hybridized carbons (Fsp3) is 0.211. The number of carbonyl (C=O) groups is 2. The second-order valence-electron chi connectivity index (χ2n) is 6.27. The van der Waals surface area contributed by atoms with Crippen LogP contribution in [0.4, 0.5) is 14.6 Å². The molecule has 1 unspecified atom stereocenters. The number of halogens is 3. The van der Waals surface area contributed by atoms with E-state index >= 15 is 0 Å². The normalized spacial score (nSPS) is 15.4. The van der Waals surface area contributed by atoms with E-state index in [1.165, 1.54) is 35.7 Å². The van der Waals surface area contributed by atoms with Gasteiger partial charge in [0.2, 0.25) is 5.91 Å². The first-order valence-corrected chi connectivity index (χ1v) is 8.98. The van der Waals surface area contributed by atoms with E-state index in [0.717, 1.165) is 6.07 Å². The maximum absolute atomic E-state index is 13.5. The number of nitrogens with zero attached hydrogens (tertiary/aromatic N) is 4. The molecule has 3 rings (SSSR count). The molecule has 1 aromatic carbocycles. The third-order valence-electron chi connectivity index (χ3n) is 4.19. The van der Waals surface area contributed by atoms with Gasteiger partial charge in [0.15, 0.2) is 0 Å². The van der Waals surface area contributed by atoms with Gasteiger partial charge < -0.3 is 5.32 Å². The summed E-state index contributed by atoms with van der Waals surface area (Å²) < 4.78 is 27.0. The van der Waals surface area contributed by atoms with Crippen molar-refractivity contribution >= 4 is 35.4 Å². The largest absolute Gasteiger partial charge is 0.307 e. The molecule has 29 heavy (non-hydrogen) atoms. The van der Waals surface area contributed by atoms with E-state index in [1.54, 1.807) is 0 Å². The zero-order valence-corrected chi connectivity index (χ0v) is 15.9. The van der Waals surface area contributed by atoms with E-state index in [4.69, 9.17) is 11.6 Å². The number of amides is 2. The molecule has 0 bridgehead atoms. The number of hydrazone groups is 1. The quantitative estimate of drug-likeness (QED) is 0.572. The number of nitrogens with one attached hydrogen (secondary N) is 1. The molecule has 0 fully saturated rings. The number of hydrogen-bond acceptors (Lipinski definition) is 5. The molecule has 0 radical (unpaired) electrons. The lowest BCUT2D eigenvalue weighted by molar-refractivity contribution is -0.133. The van der Waals surface area contributed by atoms with Crippen molar-refractivity contribution in [3.63, 3.8) is 0 Å². The lowest BCUT2D eigenvalue weighted by atomic mass is 10.0. The lowest BCUT2D eigenvalue weighted by Gasteiger charge is -2.22. The van der Waals surface area contributed by atoms with E-state index in [1.807, 2.05) is 0 Å². The Bertz CT molecular complexity index is 978. The van der Waals surface area contributed by atoms with Gasteiger partial charge in [-0.05, 0) is 24.1 Å². The molecule has 7 nitrogen and oxygen atoms in total. The van der Waals surface area contributed by atoms with Crippen LogP contribution < -0.4 is 5.32 Å². The van der Waals surface area contributed by atoms with Gasteiger partial charge in [0, 0.05) is 36.8 Å². The average Bonchev–Trinajstić information content (AvgIpc) is 3.15. The Balaban J connectivity index is 1.58. The SMILES string of the molecule is C=C(CCC(=O)N1N=CCC1c1cc(F)cc(F)c1)C(=O)Nc1cc(Cl)ncn1. The maximum atomic E-state index is 13.5. The summed E-state index contributed by atoms with van der Waals surface area (Å²) in [7, 11) is 0. The van der Waals surface area contributed by atoms with Crippen LogP contribution in [0.25, 0.3) is 0 Å². The van der Waals surface area contributed by atoms with Gasteiger partial charge >= 0.3 is 0 Å². The van der Waals surface area contributed by atoms with Crippen molar-refractivity contribution in [1.82, 2.24) is 15.0 Å². The highest BCUT2D eigenvalue weighted by Crippen LogP contribution is 2.30. The Morgan fingerprint density at radius 2 is 1.90 bits per heavy atom. The minimum Gasteiger partial charge on any atom is -0.307 e. The molecule has 0 aliphatic carbocycles. The number of rotatable bonds is 6. The van der Waals surface area contributed by atoms with E-state index in [-0.39, 0.29) is 29.4 Å². The van der Waals surface area contributed by atoms with Crippen LogP contribution in [0.15, 0.2) is 47.8 Å². The highest BCUT2D eigenvalue weighted by Gasteiger charge is 2.29. The zero-order chi connectivity index (χ0) is 21.0. The van der Waals surface area contributed by atoms with E-state index in [9.17, 15) is 18.4 Å². The maximum Gasteiger partial charge on any atom is 0.252 e. The summed E-state index contributed by atoms with van der Waals surface area (Å²) in [4.78, 5) is 32.3. The van der Waals surface area contributed by atoms with E-state index in [0.29, 0.717) is 12.0 Å². The number of carbonyl (C=O) groups excluding carboxylic acids is 2. The molecule has 0 spiro atoms. The van der Waals surface area contributed by atoms with Crippen LogP contribution in [0.1, 0.15) is 30.9 Å². The molecule has 1 N–H and O–H groups in total.